The summed E-state index contributed by atoms with van der Waals surface area (Å²) in [6.07, 6.45) is 2.02. The molecule has 2 aliphatic heterocycles. The minimum Gasteiger partial charge on any atom is -0.495 e. The highest BCUT2D eigenvalue weighted by Crippen LogP contribution is 2.47. The van der Waals surface area contributed by atoms with E-state index in [1.165, 1.54) is 24.0 Å². The molecule has 0 unspecified atom stereocenters. The summed E-state index contributed by atoms with van der Waals surface area (Å²) in [5.74, 6) is 1.35. The standard InChI is InChI=1S/C22H26Cl2N6O5/c1-5-16(31)26-12-9-35-10-13(12)27-21-25-7-11-8-30(22(32)29(2)20(11)28-21)19-17(23)14(33-3)6-15(34-4)18(19)24/h6-7,12-13H,5,8-10H2,1-4H3,(H,26,31)(H,25,27,28)/t12-,13+/m0/s1. The average Bonchev–Trinajstić information content (AvgIpc) is 3.28. The van der Waals surface area contributed by atoms with E-state index in [1.807, 2.05) is 0 Å². The highest BCUT2D eigenvalue weighted by atomic mass is 35.5. The van der Waals surface area contributed by atoms with Crippen LogP contribution in [0.25, 0.3) is 0 Å². The lowest BCUT2D eigenvalue weighted by Crippen LogP contribution is -2.47. The predicted octanol–water partition coefficient (Wildman–Crippen LogP) is 3.08. The number of urea groups is 1. The predicted molar refractivity (Wildman–Crippen MR) is 132 cm³/mol. The van der Waals surface area contributed by atoms with E-state index in [0.717, 1.165) is 0 Å². The van der Waals surface area contributed by atoms with Gasteiger partial charge in [-0.05, 0) is 0 Å². The molecule has 1 aromatic carbocycles. The van der Waals surface area contributed by atoms with Crippen molar-refractivity contribution in [3.63, 3.8) is 0 Å². The number of fused-ring (bicyclic) bond motifs is 1. The molecule has 11 nitrogen and oxygen atoms in total. The molecule has 4 rings (SSSR count). The second kappa shape index (κ2) is 10.3. The Kier molecular flexibility index (Phi) is 7.39. The third-order valence-corrected chi connectivity index (χ3v) is 6.62. The minimum atomic E-state index is -0.390. The summed E-state index contributed by atoms with van der Waals surface area (Å²) in [7, 11) is 4.54. The van der Waals surface area contributed by atoms with Gasteiger partial charge in [-0.25, -0.2) is 9.78 Å². The van der Waals surface area contributed by atoms with Crippen LogP contribution in [0.15, 0.2) is 12.3 Å². The van der Waals surface area contributed by atoms with E-state index in [4.69, 9.17) is 37.4 Å². The van der Waals surface area contributed by atoms with Crippen LogP contribution in [0.5, 0.6) is 11.5 Å². The topological polar surface area (TPSA) is 118 Å². The molecule has 3 amide bonds. The lowest BCUT2D eigenvalue weighted by molar-refractivity contribution is -0.121. The molecule has 0 saturated carbocycles. The number of carbonyl (C=O) groups is 2. The van der Waals surface area contributed by atoms with Gasteiger partial charge in [0.05, 0.1) is 51.7 Å². The number of anilines is 3. The third-order valence-electron chi connectivity index (χ3n) is 5.89. The van der Waals surface area contributed by atoms with E-state index < -0.39 is 6.03 Å². The Morgan fingerprint density at radius 3 is 2.49 bits per heavy atom. The van der Waals surface area contributed by atoms with E-state index in [-0.39, 0.29) is 40.3 Å². The van der Waals surface area contributed by atoms with Crippen molar-refractivity contribution in [1.29, 1.82) is 0 Å². The molecule has 1 saturated heterocycles. The molecule has 0 radical (unpaired) electrons. The first-order valence-electron chi connectivity index (χ1n) is 10.9. The van der Waals surface area contributed by atoms with E-state index >= 15 is 0 Å². The molecule has 3 heterocycles. The Morgan fingerprint density at radius 2 is 1.86 bits per heavy atom. The van der Waals surface area contributed by atoms with Gasteiger partial charge in [0.1, 0.15) is 27.4 Å². The summed E-state index contributed by atoms with van der Waals surface area (Å²) in [6.45, 7) is 2.72. The van der Waals surface area contributed by atoms with Gasteiger partial charge < -0.3 is 24.8 Å². The van der Waals surface area contributed by atoms with Crippen LogP contribution in [0.2, 0.25) is 10.0 Å². The van der Waals surface area contributed by atoms with Gasteiger partial charge in [0, 0.05) is 31.3 Å². The smallest absolute Gasteiger partial charge is 0.330 e. The number of nitrogens with one attached hydrogen (secondary N) is 2. The quantitative estimate of drug-likeness (QED) is 0.567. The maximum absolute atomic E-state index is 13.4. The fourth-order valence-electron chi connectivity index (χ4n) is 3.98. The first kappa shape index (κ1) is 25.1. The van der Waals surface area contributed by atoms with Crippen molar-refractivity contribution in [2.75, 3.05) is 49.6 Å². The number of nitrogens with zero attached hydrogens (tertiary/aromatic N) is 4. The molecule has 0 bridgehead atoms. The second-order valence-corrected chi connectivity index (χ2v) is 8.80. The number of rotatable bonds is 7. The van der Waals surface area contributed by atoms with Gasteiger partial charge in [0.2, 0.25) is 11.9 Å². The number of hydrogen-bond acceptors (Lipinski definition) is 8. The van der Waals surface area contributed by atoms with E-state index in [1.54, 1.807) is 26.2 Å². The normalized spacial score (nSPS) is 19.4. The van der Waals surface area contributed by atoms with Gasteiger partial charge in [-0.2, -0.15) is 4.98 Å². The molecule has 0 aliphatic carbocycles. The molecule has 13 heteroatoms. The molecule has 35 heavy (non-hydrogen) atoms. The van der Waals surface area contributed by atoms with Crippen LogP contribution in [0.4, 0.5) is 22.2 Å². The summed E-state index contributed by atoms with van der Waals surface area (Å²) in [6, 6.07) is 0.763. The molecular weight excluding hydrogens is 499 g/mol. The third kappa shape index (κ3) is 4.75. The fourth-order valence-corrected chi connectivity index (χ4v) is 4.68. The molecular formula is C22H26Cl2N6O5. The Labute approximate surface area is 212 Å². The van der Waals surface area contributed by atoms with Crippen LogP contribution < -0.4 is 29.9 Å². The van der Waals surface area contributed by atoms with Crippen molar-refractivity contribution in [3.8, 4) is 11.5 Å². The van der Waals surface area contributed by atoms with Gasteiger partial charge in [-0.15, -0.1) is 0 Å². The van der Waals surface area contributed by atoms with E-state index in [0.29, 0.717) is 48.5 Å². The van der Waals surface area contributed by atoms with E-state index in [2.05, 4.69) is 20.6 Å². The Hall–Kier alpha value is -3.02. The molecule has 1 fully saturated rings. The zero-order chi connectivity index (χ0) is 25.3. The number of methoxy groups -OCH3 is 2. The number of halogens is 2. The van der Waals surface area contributed by atoms with Crippen molar-refractivity contribution < 1.29 is 23.8 Å². The van der Waals surface area contributed by atoms with Crippen molar-refractivity contribution in [2.45, 2.75) is 32.0 Å². The first-order valence-corrected chi connectivity index (χ1v) is 11.7. The second-order valence-electron chi connectivity index (χ2n) is 8.04. The van der Waals surface area contributed by atoms with Gasteiger partial charge in [-0.1, -0.05) is 30.1 Å². The molecule has 1 aromatic heterocycles. The van der Waals surface area contributed by atoms with E-state index in [9.17, 15) is 9.59 Å². The minimum absolute atomic E-state index is 0.0597. The lowest BCUT2D eigenvalue weighted by atomic mass is 10.1. The van der Waals surface area contributed by atoms with Crippen LogP contribution in [0.3, 0.4) is 0 Å². The molecule has 2 aromatic rings. The largest absolute Gasteiger partial charge is 0.495 e. The van der Waals surface area contributed by atoms with Crippen LogP contribution in [-0.4, -0.2) is 68.5 Å². The Bertz CT molecular complexity index is 1120. The SMILES string of the molecule is CCC(=O)N[C@H]1COC[C@H]1Nc1ncc2c(n1)N(C)C(=O)N(c1c(Cl)c(OC)cc(OC)c1Cl)C2. The highest BCUT2D eigenvalue weighted by Gasteiger charge is 2.35. The molecule has 2 atom stereocenters. The Balaban J connectivity index is 1.61. The summed E-state index contributed by atoms with van der Waals surface area (Å²) in [5, 5.41) is 6.51. The van der Waals surface area contributed by atoms with Gasteiger partial charge in [-0.3, -0.25) is 14.6 Å². The number of aromatic nitrogens is 2. The maximum atomic E-state index is 13.4. The first-order chi connectivity index (χ1) is 16.8. The number of amides is 3. The van der Waals surface area contributed by atoms with Crippen molar-refractivity contribution in [1.82, 2.24) is 15.3 Å². The number of benzene rings is 1. The summed E-state index contributed by atoms with van der Waals surface area (Å²) in [5.41, 5.74) is 0.955. The summed E-state index contributed by atoms with van der Waals surface area (Å²) in [4.78, 5) is 37.0. The number of carbonyl (C=O) groups excluding carboxylic acids is 2. The van der Waals surface area contributed by atoms with Crippen LogP contribution >= 0.6 is 23.2 Å². The molecule has 2 aliphatic rings. The van der Waals surface area contributed by atoms with Crippen molar-refractivity contribution in [3.05, 3.63) is 27.9 Å². The van der Waals surface area contributed by atoms with Crippen molar-refractivity contribution in [2.24, 2.45) is 0 Å². The van der Waals surface area contributed by atoms with Gasteiger partial charge in [0.25, 0.3) is 0 Å². The summed E-state index contributed by atoms with van der Waals surface area (Å²) >= 11 is 13.1. The van der Waals surface area contributed by atoms with Gasteiger partial charge in [0.15, 0.2) is 0 Å². The fraction of sp³-hybridized carbons (Fsp3) is 0.455. The molecule has 188 valence electrons. The van der Waals surface area contributed by atoms with Gasteiger partial charge >= 0.3 is 6.03 Å². The zero-order valence-electron chi connectivity index (χ0n) is 19.7. The van der Waals surface area contributed by atoms with Crippen LogP contribution in [-0.2, 0) is 16.1 Å². The number of ether oxygens (including phenoxy) is 3. The zero-order valence-corrected chi connectivity index (χ0v) is 21.2. The highest BCUT2D eigenvalue weighted by molar-refractivity contribution is 6.42. The Morgan fingerprint density at radius 1 is 1.20 bits per heavy atom. The number of hydrogen-bond donors (Lipinski definition) is 2. The summed E-state index contributed by atoms with van der Waals surface area (Å²) < 4.78 is 16.2. The van der Waals surface area contributed by atoms with Crippen LogP contribution in [0.1, 0.15) is 18.9 Å². The lowest BCUT2D eigenvalue weighted by Gasteiger charge is -2.35. The average molecular weight is 525 g/mol. The molecule has 0 spiro atoms. The molecule has 2 N–H and O–H groups in total. The van der Waals surface area contributed by atoms with Crippen molar-refractivity contribution >= 4 is 52.6 Å². The van der Waals surface area contributed by atoms with Crippen LogP contribution in [0, 0.1) is 0 Å². The monoisotopic (exact) mass is 524 g/mol. The maximum Gasteiger partial charge on any atom is 0.330 e.